The quantitative estimate of drug-likeness (QED) is 0.221. The summed E-state index contributed by atoms with van der Waals surface area (Å²) in [6.45, 7) is 3.67. The summed E-state index contributed by atoms with van der Waals surface area (Å²) in [7, 11) is 3.47. The highest BCUT2D eigenvalue weighted by atomic mass is 127. The highest BCUT2D eigenvalue weighted by molar-refractivity contribution is 14.0. The molecule has 0 spiro atoms. The number of rotatable bonds is 11. The number of halogens is 1. The molecule has 2 aromatic rings. The molecule has 8 heteroatoms. The molecule has 0 radical (unpaired) electrons. The minimum atomic E-state index is -0.0551. The van der Waals surface area contributed by atoms with Gasteiger partial charge in [0, 0.05) is 26.2 Å². The smallest absolute Gasteiger partial charge is 0.258 e. The van der Waals surface area contributed by atoms with E-state index in [1.165, 1.54) is 16.7 Å². The predicted molar refractivity (Wildman–Crippen MR) is 143 cm³/mol. The van der Waals surface area contributed by atoms with Gasteiger partial charge in [-0.15, -0.1) is 24.0 Å². The van der Waals surface area contributed by atoms with Crippen LogP contribution in [0.4, 0.5) is 0 Å². The van der Waals surface area contributed by atoms with Gasteiger partial charge in [-0.1, -0.05) is 29.8 Å². The van der Waals surface area contributed by atoms with Crippen molar-refractivity contribution in [2.24, 2.45) is 4.99 Å². The first-order valence-electron chi connectivity index (χ1n) is 11.2. The number of nitrogens with zero attached hydrogens (tertiary/aromatic N) is 1. The van der Waals surface area contributed by atoms with Gasteiger partial charge in [-0.2, -0.15) is 0 Å². The lowest BCUT2D eigenvalue weighted by atomic mass is 10.1. The van der Waals surface area contributed by atoms with Gasteiger partial charge in [0.2, 0.25) is 0 Å². The molecule has 3 rings (SSSR count). The Balaban J connectivity index is 0.00000385. The average molecular weight is 566 g/mol. The average Bonchev–Trinajstić information content (AvgIpc) is 3.61. The predicted octanol–water partition coefficient (Wildman–Crippen LogP) is 3.23. The number of hydrogen-bond acceptors (Lipinski definition) is 4. The molecular weight excluding hydrogens is 531 g/mol. The molecule has 1 saturated carbocycles. The summed E-state index contributed by atoms with van der Waals surface area (Å²) in [6, 6.07) is 14.4. The maximum Gasteiger partial charge on any atom is 0.258 e. The highest BCUT2D eigenvalue weighted by Crippen LogP contribution is 2.20. The van der Waals surface area contributed by atoms with E-state index in [0.29, 0.717) is 11.8 Å². The van der Waals surface area contributed by atoms with E-state index in [9.17, 15) is 4.79 Å². The zero-order valence-electron chi connectivity index (χ0n) is 19.6. The van der Waals surface area contributed by atoms with E-state index in [0.717, 1.165) is 50.5 Å². The van der Waals surface area contributed by atoms with Gasteiger partial charge in [0.25, 0.3) is 5.91 Å². The summed E-state index contributed by atoms with van der Waals surface area (Å²) in [4.78, 5) is 16.0. The zero-order chi connectivity index (χ0) is 22.8. The molecule has 0 saturated heterocycles. The lowest BCUT2D eigenvalue weighted by molar-refractivity contribution is -0.123. The summed E-state index contributed by atoms with van der Waals surface area (Å²) < 4.78 is 11.0. The number of carbonyl (C=O) groups excluding carboxylic acids is 1. The van der Waals surface area contributed by atoms with Crippen LogP contribution in [0.1, 0.15) is 29.5 Å². The number of aliphatic imine (C=N–C) groups is 1. The van der Waals surface area contributed by atoms with Gasteiger partial charge < -0.3 is 25.4 Å². The second-order valence-electron chi connectivity index (χ2n) is 8.02. The molecule has 0 heterocycles. The summed E-state index contributed by atoms with van der Waals surface area (Å²) in [5, 5.41) is 9.62. The van der Waals surface area contributed by atoms with Crippen molar-refractivity contribution in [3.8, 4) is 11.5 Å². The Morgan fingerprint density at radius 1 is 1.06 bits per heavy atom. The Morgan fingerprint density at radius 2 is 1.76 bits per heavy atom. The SMILES string of the molecule is CN=C(NCCc1ccc(OCC(=O)NC2CC2)cc1)NCCc1cc(C)ccc1OC.I. The molecule has 0 bridgehead atoms. The minimum Gasteiger partial charge on any atom is -0.496 e. The number of hydrogen-bond donors (Lipinski definition) is 3. The maximum absolute atomic E-state index is 11.7. The van der Waals surface area contributed by atoms with Crippen molar-refractivity contribution in [3.05, 3.63) is 59.2 Å². The van der Waals surface area contributed by atoms with Crippen LogP contribution in [0.3, 0.4) is 0 Å². The molecule has 7 nitrogen and oxygen atoms in total. The van der Waals surface area contributed by atoms with Crippen molar-refractivity contribution in [1.29, 1.82) is 0 Å². The molecule has 2 aromatic carbocycles. The fourth-order valence-corrected chi connectivity index (χ4v) is 3.36. The second kappa shape index (κ2) is 13.9. The molecule has 1 aliphatic rings. The van der Waals surface area contributed by atoms with E-state index in [2.05, 4.69) is 40.0 Å². The van der Waals surface area contributed by atoms with Crippen molar-refractivity contribution in [2.75, 3.05) is 33.9 Å². The Labute approximate surface area is 213 Å². The lowest BCUT2D eigenvalue weighted by Gasteiger charge is -2.14. The van der Waals surface area contributed by atoms with Crippen molar-refractivity contribution >= 4 is 35.8 Å². The number of guanidine groups is 1. The molecule has 0 aromatic heterocycles. The van der Waals surface area contributed by atoms with E-state index >= 15 is 0 Å². The van der Waals surface area contributed by atoms with Gasteiger partial charge in [-0.25, -0.2) is 0 Å². The Morgan fingerprint density at radius 3 is 2.39 bits per heavy atom. The maximum atomic E-state index is 11.7. The third kappa shape index (κ3) is 9.49. The topological polar surface area (TPSA) is 84.0 Å². The minimum absolute atomic E-state index is 0. The first kappa shape index (κ1) is 26.8. The van der Waals surface area contributed by atoms with Crippen LogP contribution in [-0.4, -0.2) is 51.8 Å². The van der Waals surface area contributed by atoms with Crippen LogP contribution in [-0.2, 0) is 17.6 Å². The molecular formula is C25H35IN4O3. The van der Waals surface area contributed by atoms with Crippen LogP contribution in [0.5, 0.6) is 11.5 Å². The number of ether oxygens (including phenoxy) is 2. The molecule has 1 aliphatic carbocycles. The number of nitrogens with one attached hydrogen (secondary N) is 3. The van der Waals surface area contributed by atoms with Gasteiger partial charge in [0.1, 0.15) is 11.5 Å². The molecule has 0 unspecified atom stereocenters. The van der Waals surface area contributed by atoms with Crippen LogP contribution < -0.4 is 25.4 Å². The second-order valence-corrected chi connectivity index (χ2v) is 8.02. The van der Waals surface area contributed by atoms with Crippen LogP contribution in [0.15, 0.2) is 47.5 Å². The first-order valence-corrected chi connectivity index (χ1v) is 11.2. The van der Waals surface area contributed by atoms with Gasteiger partial charge in [-0.05, 0) is 61.9 Å². The van der Waals surface area contributed by atoms with Crippen molar-refractivity contribution < 1.29 is 14.3 Å². The van der Waals surface area contributed by atoms with Crippen LogP contribution in [0.2, 0.25) is 0 Å². The lowest BCUT2D eigenvalue weighted by Crippen LogP contribution is -2.39. The van der Waals surface area contributed by atoms with E-state index in [1.54, 1.807) is 14.2 Å². The standard InChI is InChI=1S/C25H34N4O3.HI/c1-18-4-11-23(31-3)20(16-18)13-15-28-25(26-2)27-14-12-19-5-9-22(10-6-19)32-17-24(30)29-21-7-8-21;/h4-6,9-11,16,21H,7-8,12-15,17H2,1-3H3,(H,29,30)(H2,26,27,28);1H. The number of aryl methyl sites for hydroxylation is 1. The molecule has 0 aliphatic heterocycles. The van der Waals surface area contributed by atoms with E-state index < -0.39 is 0 Å². The number of benzene rings is 2. The Hall–Kier alpha value is -2.49. The third-order valence-electron chi connectivity index (χ3n) is 5.29. The largest absolute Gasteiger partial charge is 0.496 e. The summed E-state index contributed by atoms with van der Waals surface area (Å²) in [5.74, 6) is 2.34. The van der Waals surface area contributed by atoms with Gasteiger partial charge in [0.05, 0.1) is 7.11 Å². The highest BCUT2D eigenvalue weighted by Gasteiger charge is 2.23. The number of carbonyl (C=O) groups is 1. The van der Waals surface area contributed by atoms with E-state index in [1.807, 2.05) is 30.3 Å². The van der Waals surface area contributed by atoms with Crippen molar-refractivity contribution in [2.45, 2.75) is 38.6 Å². The van der Waals surface area contributed by atoms with Crippen molar-refractivity contribution in [3.63, 3.8) is 0 Å². The summed E-state index contributed by atoms with van der Waals surface area (Å²) in [5.41, 5.74) is 3.59. The molecule has 33 heavy (non-hydrogen) atoms. The molecule has 180 valence electrons. The Bertz CT molecular complexity index is 914. The molecule has 0 atom stereocenters. The van der Waals surface area contributed by atoms with Crippen LogP contribution in [0, 0.1) is 6.92 Å². The molecule has 3 N–H and O–H groups in total. The number of methoxy groups -OCH3 is 1. The first-order chi connectivity index (χ1) is 15.6. The normalized spacial score (nSPS) is 13.0. The van der Waals surface area contributed by atoms with E-state index in [4.69, 9.17) is 9.47 Å². The molecule has 1 amide bonds. The fourth-order valence-electron chi connectivity index (χ4n) is 3.36. The van der Waals surface area contributed by atoms with Gasteiger partial charge in [-0.3, -0.25) is 9.79 Å². The van der Waals surface area contributed by atoms with Gasteiger partial charge in [0.15, 0.2) is 12.6 Å². The monoisotopic (exact) mass is 566 g/mol. The van der Waals surface area contributed by atoms with Crippen LogP contribution >= 0.6 is 24.0 Å². The van der Waals surface area contributed by atoms with Crippen LogP contribution in [0.25, 0.3) is 0 Å². The fraction of sp³-hybridized carbons (Fsp3) is 0.440. The Kier molecular flexibility index (Phi) is 11.3. The summed E-state index contributed by atoms with van der Waals surface area (Å²) >= 11 is 0. The third-order valence-corrected chi connectivity index (χ3v) is 5.29. The zero-order valence-corrected chi connectivity index (χ0v) is 22.0. The number of amides is 1. The van der Waals surface area contributed by atoms with E-state index in [-0.39, 0.29) is 36.5 Å². The molecule has 1 fully saturated rings. The van der Waals surface area contributed by atoms with Crippen molar-refractivity contribution in [1.82, 2.24) is 16.0 Å². The van der Waals surface area contributed by atoms with Gasteiger partial charge >= 0.3 is 0 Å². The summed E-state index contributed by atoms with van der Waals surface area (Å²) in [6.07, 6.45) is 3.87.